The van der Waals surface area contributed by atoms with Gasteiger partial charge in [-0.25, -0.2) is 13.3 Å². The van der Waals surface area contributed by atoms with E-state index in [1.165, 1.54) is 19.2 Å². The van der Waals surface area contributed by atoms with Crippen LogP contribution in [-0.4, -0.2) is 52.7 Å². The van der Waals surface area contributed by atoms with Crippen molar-refractivity contribution in [2.24, 2.45) is 4.36 Å². The Balaban J connectivity index is 1.48. The lowest BCUT2D eigenvalue weighted by atomic mass is 10.0. The highest BCUT2D eigenvalue weighted by atomic mass is 35.5. The zero-order chi connectivity index (χ0) is 27.2. The second-order valence-electron chi connectivity index (χ2n) is 8.74. The molecule has 4 atom stereocenters. The second kappa shape index (κ2) is 10.2. The maximum Gasteiger partial charge on any atom is 0.573 e. The predicted molar refractivity (Wildman–Crippen MR) is 140 cm³/mol. The number of alkyl halides is 3. The normalized spacial score (nSPS) is 21.9. The van der Waals surface area contributed by atoms with Gasteiger partial charge in [0.25, 0.3) is 0 Å². The first-order valence-electron chi connectivity index (χ1n) is 11.4. The molecule has 0 amide bonds. The van der Waals surface area contributed by atoms with Gasteiger partial charge in [0.2, 0.25) is 0 Å². The average Bonchev–Trinajstić information content (AvgIpc) is 3.17. The van der Waals surface area contributed by atoms with Crippen LogP contribution in [0.15, 0.2) is 69.9 Å². The van der Waals surface area contributed by atoms with Crippen LogP contribution in [0.4, 0.5) is 13.2 Å². The van der Waals surface area contributed by atoms with Gasteiger partial charge in [0, 0.05) is 38.9 Å². The number of ether oxygens (including phenoxy) is 2. The van der Waals surface area contributed by atoms with Gasteiger partial charge in [-0.3, -0.25) is 0 Å². The molecule has 1 aromatic heterocycles. The Morgan fingerprint density at radius 1 is 1.03 bits per heavy atom. The van der Waals surface area contributed by atoms with Crippen LogP contribution in [0.3, 0.4) is 0 Å². The van der Waals surface area contributed by atoms with Gasteiger partial charge >= 0.3 is 6.36 Å². The van der Waals surface area contributed by atoms with E-state index in [1.807, 2.05) is 28.8 Å². The molecule has 1 fully saturated rings. The first kappa shape index (κ1) is 27.0. The summed E-state index contributed by atoms with van der Waals surface area (Å²) in [7, 11) is -2.01. The van der Waals surface area contributed by atoms with E-state index in [9.17, 15) is 22.5 Å². The summed E-state index contributed by atoms with van der Waals surface area (Å²) in [4.78, 5) is 0.130. The van der Waals surface area contributed by atoms with E-state index < -0.39 is 40.2 Å². The van der Waals surface area contributed by atoms with Gasteiger partial charge in [0.1, 0.15) is 15.7 Å². The third-order valence-electron chi connectivity index (χ3n) is 6.40. The summed E-state index contributed by atoms with van der Waals surface area (Å²) in [6.45, 7) is 0.214. The number of nitrogens with one attached hydrogen (secondary N) is 1. The summed E-state index contributed by atoms with van der Waals surface area (Å²) in [5.74, 6) is -0.452. The van der Waals surface area contributed by atoms with Crippen molar-refractivity contribution in [3.05, 3.63) is 70.7 Å². The zero-order valence-corrected chi connectivity index (χ0v) is 22.1. The molecule has 0 spiro atoms. The first-order valence-corrected chi connectivity index (χ1v) is 13.7. The van der Waals surface area contributed by atoms with E-state index >= 15 is 0 Å². The number of rotatable bonds is 5. The number of hydrogen-bond donors (Lipinski definition) is 2. The lowest BCUT2D eigenvalue weighted by Crippen LogP contribution is -2.53. The van der Waals surface area contributed by atoms with Gasteiger partial charge in [-0.2, -0.15) is 0 Å². The highest BCUT2D eigenvalue weighted by molar-refractivity contribution is 7.91. The number of hydrogen-bond acceptors (Lipinski definition) is 5. The van der Waals surface area contributed by atoms with Crippen molar-refractivity contribution >= 4 is 54.9 Å². The van der Waals surface area contributed by atoms with Crippen LogP contribution in [0.5, 0.6) is 5.75 Å². The van der Waals surface area contributed by atoms with Crippen molar-refractivity contribution in [1.82, 2.24) is 9.29 Å². The molecule has 0 saturated carbocycles. The number of benzene rings is 3. The van der Waals surface area contributed by atoms with E-state index in [2.05, 4.69) is 13.8 Å². The molecule has 38 heavy (non-hydrogen) atoms. The van der Waals surface area contributed by atoms with E-state index in [0.717, 1.165) is 33.9 Å². The summed E-state index contributed by atoms with van der Waals surface area (Å²) in [6.07, 6.45) is -5.91. The number of aliphatic hydroxyl groups is 1. The van der Waals surface area contributed by atoms with Crippen LogP contribution in [0, 0.1) is 0 Å². The lowest BCUT2D eigenvalue weighted by Gasteiger charge is -2.37. The molecule has 1 unspecified atom stereocenters. The number of halogens is 5. The second-order valence-corrected chi connectivity index (χ2v) is 11.7. The number of nitrogens with zero attached hydrogens (tertiary/aromatic N) is 2. The van der Waals surface area contributed by atoms with E-state index in [-0.39, 0.29) is 18.1 Å². The van der Waals surface area contributed by atoms with Gasteiger partial charge in [-0.15, -0.1) is 13.2 Å². The molecule has 1 saturated heterocycles. The van der Waals surface area contributed by atoms with Gasteiger partial charge < -0.3 is 19.1 Å². The molecular formula is C25H22Cl2F3N3O4S. The van der Waals surface area contributed by atoms with Crippen molar-refractivity contribution in [2.45, 2.75) is 29.4 Å². The summed E-state index contributed by atoms with van der Waals surface area (Å²) >= 11 is 12.5. The van der Waals surface area contributed by atoms with Crippen LogP contribution < -0.4 is 9.46 Å². The van der Waals surface area contributed by atoms with Crippen LogP contribution in [-0.2, 0) is 14.7 Å². The SMILES string of the molecule is CN=S(=O)(N[C@@H]1COC[C@@H](n2c3ccc(Cl)cc3c3cc(Cl)ccc32)[C@@H]1O)c1ccc(OC(F)(F)F)cc1. The van der Waals surface area contributed by atoms with Gasteiger partial charge in [-0.05, 0) is 60.7 Å². The van der Waals surface area contributed by atoms with Crippen molar-refractivity contribution in [3.8, 4) is 5.75 Å². The molecular weight excluding hydrogens is 566 g/mol. The van der Waals surface area contributed by atoms with Gasteiger partial charge in [-0.1, -0.05) is 23.2 Å². The fraction of sp³-hybridized carbons (Fsp3) is 0.280. The van der Waals surface area contributed by atoms with Crippen molar-refractivity contribution in [2.75, 3.05) is 20.3 Å². The minimum atomic E-state index is -4.85. The monoisotopic (exact) mass is 587 g/mol. The van der Waals surface area contributed by atoms with Crippen LogP contribution in [0.25, 0.3) is 21.8 Å². The van der Waals surface area contributed by atoms with Crippen molar-refractivity contribution in [1.29, 1.82) is 0 Å². The summed E-state index contributed by atoms with van der Waals surface area (Å²) in [5, 5.41) is 14.3. The average molecular weight is 588 g/mol. The predicted octanol–water partition coefficient (Wildman–Crippen LogP) is 5.96. The number of aliphatic hydroxyl groups excluding tert-OH is 1. The van der Waals surface area contributed by atoms with E-state index in [0.29, 0.717) is 10.0 Å². The standard InChI is InChI=1S/C25H22Cl2F3N3O4S/c1-31-38(35,17-6-4-16(5-7-17)37-25(28,29)30)32-20-12-36-13-23(24(20)34)33-21-8-2-14(26)10-18(21)19-11-15(27)3-9-22(19)33/h2-11,20,23-24,34H,12-13H2,1H3,(H,31,32,35)/t20-,23-,24-,38?/m1/s1. The molecule has 202 valence electrons. The minimum Gasteiger partial charge on any atom is -0.406 e. The Morgan fingerprint density at radius 3 is 2.13 bits per heavy atom. The minimum absolute atomic E-state index is 0.0359. The molecule has 13 heteroatoms. The fourth-order valence-electron chi connectivity index (χ4n) is 4.72. The highest BCUT2D eigenvalue weighted by Gasteiger charge is 2.37. The fourth-order valence-corrected chi connectivity index (χ4v) is 6.64. The summed E-state index contributed by atoms with van der Waals surface area (Å²) < 4.78 is 69.8. The van der Waals surface area contributed by atoms with Crippen LogP contribution >= 0.6 is 23.2 Å². The smallest absolute Gasteiger partial charge is 0.406 e. The van der Waals surface area contributed by atoms with Crippen molar-refractivity contribution in [3.63, 3.8) is 0 Å². The molecule has 0 aliphatic carbocycles. The van der Waals surface area contributed by atoms with E-state index in [1.54, 1.807) is 12.1 Å². The molecule has 2 N–H and O–H groups in total. The Hall–Kier alpha value is -2.54. The molecule has 4 aromatic rings. The molecule has 2 heterocycles. The van der Waals surface area contributed by atoms with Crippen molar-refractivity contribution < 1.29 is 32.0 Å². The molecule has 1 aliphatic heterocycles. The maximum absolute atomic E-state index is 13.7. The Morgan fingerprint density at radius 2 is 1.61 bits per heavy atom. The van der Waals surface area contributed by atoms with Crippen LogP contribution in [0.2, 0.25) is 10.0 Å². The molecule has 5 rings (SSSR count). The topological polar surface area (TPSA) is 85.1 Å². The highest BCUT2D eigenvalue weighted by Crippen LogP contribution is 2.37. The van der Waals surface area contributed by atoms with Gasteiger partial charge in [0.05, 0.1) is 36.3 Å². The largest absolute Gasteiger partial charge is 0.573 e. The summed E-state index contributed by atoms with van der Waals surface area (Å²) in [6, 6.07) is 14.0. The first-order chi connectivity index (χ1) is 18.0. The van der Waals surface area contributed by atoms with E-state index in [4.69, 9.17) is 27.9 Å². The third-order valence-corrected chi connectivity index (χ3v) is 8.91. The molecule has 0 radical (unpaired) electrons. The lowest BCUT2D eigenvalue weighted by molar-refractivity contribution is -0.274. The quantitative estimate of drug-likeness (QED) is 0.301. The molecule has 7 nitrogen and oxygen atoms in total. The van der Waals surface area contributed by atoms with Gasteiger partial charge in [0.15, 0.2) is 0 Å². The Kier molecular flexibility index (Phi) is 7.27. The molecule has 1 aliphatic rings. The Bertz CT molecular complexity index is 1560. The zero-order valence-electron chi connectivity index (χ0n) is 19.8. The number of fused-ring (bicyclic) bond motifs is 3. The summed E-state index contributed by atoms with van der Waals surface area (Å²) in [5.41, 5.74) is 1.61. The van der Waals surface area contributed by atoms with Crippen LogP contribution in [0.1, 0.15) is 6.04 Å². The molecule has 0 bridgehead atoms. The maximum atomic E-state index is 13.7. The number of aromatic nitrogens is 1. The third kappa shape index (κ3) is 5.18. The molecule has 3 aromatic carbocycles. The Labute approximate surface area is 226 Å².